The number of carbonyl (C=O) groups is 1. The second-order valence-electron chi connectivity index (χ2n) is 5.89. The van der Waals surface area contributed by atoms with Gasteiger partial charge in [0.15, 0.2) is 0 Å². The number of ether oxygens (including phenoxy) is 1. The van der Waals surface area contributed by atoms with E-state index in [2.05, 4.69) is 37.9 Å². The van der Waals surface area contributed by atoms with Gasteiger partial charge in [-0.25, -0.2) is 0 Å². The van der Waals surface area contributed by atoms with E-state index in [4.69, 9.17) is 4.74 Å². The maximum atomic E-state index is 12.7. The van der Waals surface area contributed by atoms with Crippen molar-refractivity contribution in [1.29, 1.82) is 0 Å². The highest BCUT2D eigenvalue weighted by Crippen LogP contribution is 2.24. The number of nitrogens with one attached hydrogen (secondary N) is 1. The third-order valence-corrected chi connectivity index (χ3v) is 3.82. The van der Waals surface area contributed by atoms with Gasteiger partial charge in [0.05, 0.1) is 0 Å². The topological polar surface area (TPSA) is 38.3 Å². The van der Waals surface area contributed by atoms with E-state index in [9.17, 15) is 4.79 Å². The molecule has 0 bridgehead atoms. The van der Waals surface area contributed by atoms with Crippen molar-refractivity contribution in [3.05, 3.63) is 71.3 Å². The Hall–Kier alpha value is -2.55. The van der Waals surface area contributed by atoms with Crippen molar-refractivity contribution in [2.75, 3.05) is 11.9 Å². The molecule has 0 atom stereocenters. The fourth-order valence-electron chi connectivity index (χ4n) is 2.52. The number of rotatable bonds is 7. The normalized spacial score (nSPS) is 10.3. The average molecular weight is 323 g/mol. The Labute approximate surface area is 144 Å². The second-order valence-corrected chi connectivity index (χ2v) is 5.89. The maximum absolute atomic E-state index is 12.7. The molecule has 3 heteroatoms. The van der Waals surface area contributed by atoms with Gasteiger partial charge in [0.25, 0.3) is 5.91 Å². The molecule has 0 radical (unpaired) electrons. The first-order chi connectivity index (χ1) is 11.5. The van der Waals surface area contributed by atoms with Crippen molar-refractivity contribution in [2.24, 2.45) is 0 Å². The van der Waals surface area contributed by atoms with Crippen LogP contribution in [-0.2, 0) is 12.8 Å². The number of amides is 1. The van der Waals surface area contributed by atoms with Crippen LogP contribution in [-0.4, -0.2) is 12.5 Å². The van der Waals surface area contributed by atoms with Gasteiger partial charge in [-0.1, -0.05) is 44.7 Å². The Morgan fingerprint density at radius 1 is 1.08 bits per heavy atom. The molecule has 0 aliphatic heterocycles. The molecule has 126 valence electrons. The monoisotopic (exact) mass is 323 g/mol. The van der Waals surface area contributed by atoms with Gasteiger partial charge in [-0.2, -0.15) is 0 Å². The van der Waals surface area contributed by atoms with Gasteiger partial charge < -0.3 is 10.1 Å². The SMILES string of the molecule is C=C(C)COc1cccc(C(=O)Nc2c(CC)cccc2CC)c1. The molecule has 3 nitrogen and oxygen atoms in total. The molecule has 2 rings (SSSR count). The Morgan fingerprint density at radius 2 is 1.71 bits per heavy atom. The summed E-state index contributed by atoms with van der Waals surface area (Å²) in [6.07, 6.45) is 1.76. The standard InChI is InChI=1S/C21H25NO2/c1-5-16-9-7-10-17(6-2)20(16)22-21(23)18-11-8-12-19(13-18)24-14-15(3)4/h7-13H,3,5-6,14H2,1-2,4H3,(H,22,23). The first-order valence-corrected chi connectivity index (χ1v) is 8.34. The van der Waals surface area contributed by atoms with E-state index in [-0.39, 0.29) is 5.91 Å². The van der Waals surface area contributed by atoms with Crippen molar-refractivity contribution in [2.45, 2.75) is 33.6 Å². The van der Waals surface area contributed by atoms with Crippen molar-refractivity contribution in [3.8, 4) is 5.75 Å². The summed E-state index contributed by atoms with van der Waals surface area (Å²) in [5.74, 6) is 0.552. The lowest BCUT2D eigenvalue weighted by Crippen LogP contribution is -2.15. The molecule has 2 aromatic carbocycles. The molecule has 0 saturated carbocycles. The van der Waals surface area contributed by atoms with Gasteiger partial charge in [0.2, 0.25) is 0 Å². The van der Waals surface area contributed by atoms with Crippen LogP contribution in [0.1, 0.15) is 42.3 Å². The number of carbonyl (C=O) groups excluding carboxylic acids is 1. The largest absolute Gasteiger partial charge is 0.489 e. The zero-order valence-electron chi connectivity index (χ0n) is 14.7. The van der Waals surface area contributed by atoms with Crippen LogP contribution in [0.4, 0.5) is 5.69 Å². The third kappa shape index (κ3) is 4.48. The summed E-state index contributed by atoms with van der Waals surface area (Å²) in [5, 5.41) is 3.08. The van der Waals surface area contributed by atoms with Crippen molar-refractivity contribution < 1.29 is 9.53 Å². The quantitative estimate of drug-likeness (QED) is 0.727. The molecular formula is C21H25NO2. The lowest BCUT2D eigenvalue weighted by atomic mass is 10.0. The van der Waals surface area contributed by atoms with Crippen LogP contribution in [0.3, 0.4) is 0 Å². The van der Waals surface area contributed by atoms with Crippen LogP contribution in [0.15, 0.2) is 54.6 Å². The van der Waals surface area contributed by atoms with Gasteiger partial charge in [-0.15, -0.1) is 0 Å². The van der Waals surface area contributed by atoms with Crippen molar-refractivity contribution in [3.63, 3.8) is 0 Å². The fourth-order valence-corrected chi connectivity index (χ4v) is 2.52. The van der Waals surface area contributed by atoms with Crippen LogP contribution in [0.2, 0.25) is 0 Å². The highest BCUT2D eigenvalue weighted by atomic mass is 16.5. The minimum atomic E-state index is -0.119. The van der Waals surface area contributed by atoms with E-state index >= 15 is 0 Å². The number of hydrogen-bond acceptors (Lipinski definition) is 2. The first-order valence-electron chi connectivity index (χ1n) is 8.34. The van der Waals surface area contributed by atoms with E-state index in [1.807, 2.05) is 25.1 Å². The molecule has 0 aliphatic rings. The highest BCUT2D eigenvalue weighted by Gasteiger charge is 2.12. The van der Waals surface area contributed by atoms with E-state index in [1.165, 1.54) is 0 Å². The smallest absolute Gasteiger partial charge is 0.255 e. The summed E-state index contributed by atoms with van der Waals surface area (Å²) in [4.78, 5) is 12.7. The number of aryl methyl sites for hydroxylation is 2. The zero-order chi connectivity index (χ0) is 17.5. The number of benzene rings is 2. The van der Waals surface area contributed by atoms with Crippen LogP contribution >= 0.6 is 0 Å². The lowest BCUT2D eigenvalue weighted by molar-refractivity contribution is 0.102. The lowest BCUT2D eigenvalue weighted by Gasteiger charge is -2.15. The van der Waals surface area contributed by atoms with Gasteiger partial charge >= 0.3 is 0 Å². The molecule has 2 aromatic rings. The fraction of sp³-hybridized carbons (Fsp3) is 0.286. The van der Waals surface area contributed by atoms with Gasteiger partial charge in [0, 0.05) is 11.3 Å². The highest BCUT2D eigenvalue weighted by molar-refractivity contribution is 6.05. The van der Waals surface area contributed by atoms with Crippen molar-refractivity contribution in [1.82, 2.24) is 0 Å². The molecule has 24 heavy (non-hydrogen) atoms. The van der Waals surface area contributed by atoms with Gasteiger partial charge in [-0.3, -0.25) is 4.79 Å². The van der Waals surface area contributed by atoms with E-state index in [1.54, 1.807) is 12.1 Å². The predicted molar refractivity (Wildman–Crippen MR) is 99.9 cm³/mol. The summed E-state index contributed by atoms with van der Waals surface area (Å²) in [5.41, 5.74) is 4.76. The second kappa shape index (κ2) is 8.34. The molecule has 0 unspecified atom stereocenters. The first kappa shape index (κ1) is 17.8. The molecule has 0 aromatic heterocycles. The van der Waals surface area contributed by atoms with E-state index in [0.717, 1.165) is 35.2 Å². The minimum Gasteiger partial charge on any atom is -0.489 e. The third-order valence-electron chi connectivity index (χ3n) is 3.82. The number of hydrogen-bond donors (Lipinski definition) is 1. The number of anilines is 1. The molecule has 0 fully saturated rings. The molecule has 0 saturated heterocycles. The molecular weight excluding hydrogens is 298 g/mol. The summed E-state index contributed by atoms with van der Waals surface area (Å²) in [6, 6.07) is 13.4. The Kier molecular flexibility index (Phi) is 6.19. The van der Waals surface area contributed by atoms with Crippen LogP contribution in [0.5, 0.6) is 5.75 Å². The summed E-state index contributed by atoms with van der Waals surface area (Å²) >= 11 is 0. The predicted octanol–water partition coefficient (Wildman–Crippen LogP) is 5.02. The van der Waals surface area contributed by atoms with E-state index < -0.39 is 0 Å². The van der Waals surface area contributed by atoms with Gasteiger partial charge in [-0.05, 0) is 54.7 Å². The maximum Gasteiger partial charge on any atom is 0.255 e. The van der Waals surface area contributed by atoms with E-state index in [0.29, 0.717) is 17.9 Å². The molecule has 0 heterocycles. The van der Waals surface area contributed by atoms with Crippen LogP contribution in [0.25, 0.3) is 0 Å². The summed E-state index contributed by atoms with van der Waals surface area (Å²) in [6.45, 7) is 10.4. The van der Waals surface area contributed by atoms with Crippen LogP contribution < -0.4 is 10.1 Å². The zero-order valence-corrected chi connectivity index (χ0v) is 14.7. The van der Waals surface area contributed by atoms with Crippen molar-refractivity contribution >= 4 is 11.6 Å². The molecule has 1 N–H and O–H groups in total. The summed E-state index contributed by atoms with van der Waals surface area (Å²) in [7, 11) is 0. The Balaban J connectivity index is 2.21. The molecule has 1 amide bonds. The molecule has 0 aliphatic carbocycles. The minimum absolute atomic E-state index is 0.119. The van der Waals surface area contributed by atoms with Crippen LogP contribution in [0, 0.1) is 0 Å². The number of para-hydroxylation sites is 1. The Morgan fingerprint density at radius 3 is 2.29 bits per heavy atom. The molecule has 0 spiro atoms. The van der Waals surface area contributed by atoms with Gasteiger partial charge in [0.1, 0.15) is 12.4 Å². The summed E-state index contributed by atoms with van der Waals surface area (Å²) < 4.78 is 5.62. The average Bonchev–Trinajstić information content (AvgIpc) is 2.60. The Bertz CT molecular complexity index is 712.